The summed E-state index contributed by atoms with van der Waals surface area (Å²) >= 11 is 0. The maximum atomic E-state index is 12.8. The van der Waals surface area contributed by atoms with Gasteiger partial charge in [-0.2, -0.15) is 0 Å². The molecule has 1 heterocycles. The fourth-order valence-corrected chi connectivity index (χ4v) is 6.80. The van der Waals surface area contributed by atoms with Gasteiger partial charge in [0.25, 0.3) is 5.91 Å². The number of nitrogens with zero attached hydrogens (tertiary/aromatic N) is 1. The number of aliphatic carboxylic acids is 1. The van der Waals surface area contributed by atoms with Gasteiger partial charge >= 0.3 is 5.97 Å². The molecule has 0 spiro atoms. The summed E-state index contributed by atoms with van der Waals surface area (Å²) in [6, 6.07) is 24.0. The van der Waals surface area contributed by atoms with Crippen molar-refractivity contribution in [2.45, 2.75) is 59.3 Å². The Hall–Kier alpha value is -4.97. The van der Waals surface area contributed by atoms with E-state index in [2.05, 4.69) is 85.6 Å². The Morgan fingerprint density at radius 2 is 1.83 bits per heavy atom. The molecule has 6 nitrogen and oxygen atoms in total. The minimum atomic E-state index is -1.46. The van der Waals surface area contributed by atoms with Crippen molar-refractivity contribution in [3.05, 3.63) is 125 Å². The lowest BCUT2D eigenvalue weighted by Gasteiger charge is -2.36. The number of amides is 1. The first-order chi connectivity index (χ1) is 22.7. The van der Waals surface area contributed by atoms with Crippen molar-refractivity contribution in [3.63, 3.8) is 0 Å². The molecule has 0 radical (unpaired) electrons. The third-order valence-corrected chi connectivity index (χ3v) is 9.51. The van der Waals surface area contributed by atoms with Crippen LogP contribution in [0.5, 0.6) is 0 Å². The first-order valence-electron chi connectivity index (χ1n) is 16.7. The largest absolute Gasteiger partial charge is 0.477 e. The molecule has 2 aliphatic rings. The van der Waals surface area contributed by atoms with Crippen molar-refractivity contribution in [3.8, 4) is 0 Å². The molecule has 0 aromatic heterocycles. The van der Waals surface area contributed by atoms with E-state index in [4.69, 9.17) is 5.41 Å². The zero-order valence-electron chi connectivity index (χ0n) is 27.6. The van der Waals surface area contributed by atoms with Crippen LogP contribution in [-0.2, 0) is 16.0 Å². The molecule has 2 unspecified atom stereocenters. The highest BCUT2D eigenvalue weighted by molar-refractivity contribution is 6.48. The quantitative estimate of drug-likeness (QED) is 0.106. The van der Waals surface area contributed by atoms with E-state index in [1.54, 1.807) is 30.3 Å². The fourth-order valence-electron chi connectivity index (χ4n) is 6.80. The molecule has 0 bridgehead atoms. The molecule has 3 N–H and O–H groups in total. The Balaban J connectivity index is 1.29. The number of anilines is 3. The van der Waals surface area contributed by atoms with E-state index < -0.39 is 17.6 Å². The summed E-state index contributed by atoms with van der Waals surface area (Å²) in [4.78, 5) is 26.7. The third kappa shape index (κ3) is 7.89. The summed E-state index contributed by atoms with van der Waals surface area (Å²) in [5.74, 6) is -1.39. The van der Waals surface area contributed by atoms with Gasteiger partial charge in [-0.3, -0.25) is 10.2 Å². The summed E-state index contributed by atoms with van der Waals surface area (Å²) in [5, 5.41) is 20.0. The number of aryl methyl sites for hydroxylation is 1. The van der Waals surface area contributed by atoms with Crippen LogP contribution in [0.25, 0.3) is 11.6 Å². The molecule has 242 valence electrons. The van der Waals surface area contributed by atoms with E-state index in [1.165, 1.54) is 53.4 Å². The van der Waals surface area contributed by atoms with Crippen molar-refractivity contribution in [1.82, 2.24) is 0 Å². The highest BCUT2D eigenvalue weighted by Gasteiger charge is 2.31. The Labute approximate surface area is 278 Å². The number of fused-ring (bicyclic) bond motifs is 1. The predicted octanol–water partition coefficient (Wildman–Crippen LogP) is 9.63. The van der Waals surface area contributed by atoms with Crippen LogP contribution in [-0.4, -0.2) is 29.2 Å². The first kappa shape index (κ1) is 33.4. The number of para-hydroxylation sites is 1. The molecule has 47 heavy (non-hydrogen) atoms. The third-order valence-electron chi connectivity index (χ3n) is 9.51. The van der Waals surface area contributed by atoms with E-state index in [0.29, 0.717) is 11.6 Å². The normalized spacial score (nSPS) is 18.4. The molecule has 5 rings (SSSR count). The summed E-state index contributed by atoms with van der Waals surface area (Å²) in [7, 11) is 0. The lowest BCUT2D eigenvalue weighted by atomic mass is 9.68. The standard InChI is InChI=1S/C41H45N3O3/c1-4-11-33(5-2)41(3)25-23-31(24-26-41)30-18-20-35(21-19-30)44-27-10-13-32-28-29(17-22-37(32)44)12-9-16-36(38(42)40(46)47)39(45)43-34-14-7-6-8-15-34/h6-9,12,14-25,28,33,42H,4-5,10-11,13,26-27H2,1-3H3,(H,43,45)(H,46,47)/b12-9+,36-16-,42-38?. The van der Waals surface area contributed by atoms with E-state index in [9.17, 15) is 14.7 Å². The van der Waals surface area contributed by atoms with E-state index in [-0.39, 0.29) is 11.0 Å². The second kappa shape index (κ2) is 15.1. The van der Waals surface area contributed by atoms with E-state index in [1.807, 2.05) is 18.2 Å². The maximum Gasteiger partial charge on any atom is 0.354 e. The highest BCUT2D eigenvalue weighted by Crippen LogP contribution is 2.43. The first-order valence-corrected chi connectivity index (χ1v) is 16.7. The van der Waals surface area contributed by atoms with Gasteiger partial charge in [-0.25, -0.2) is 4.79 Å². The number of nitrogens with one attached hydrogen (secondary N) is 2. The zero-order valence-corrected chi connectivity index (χ0v) is 27.6. The summed E-state index contributed by atoms with van der Waals surface area (Å²) in [6.07, 6.45) is 18.8. The molecule has 1 aliphatic carbocycles. The molecule has 3 aromatic rings. The molecule has 1 amide bonds. The van der Waals surface area contributed by atoms with Gasteiger partial charge in [-0.05, 0) is 102 Å². The maximum absolute atomic E-state index is 12.8. The number of hydrogen-bond donors (Lipinski definition) is 3. The Morgan fingerprint density at radius 1 is 1.06 bits per heavy atom. The smallest absolute Gasteiger partial charge is 0.354 e. The van der Waals surface area contributed by atoms with E-state index in [0.717, 1.165) is 31.4 Å². The highest BCUT2D eigenvalue weighted by atomic mass is 16.4. The number of rotatable bonds is 12. The lowest BCUT2D eigenvalue weighted by Crippen LogP contribution is -2.26. The molecule has 0 saturated heterocycles. The number of hydrogen-bond acceptors (Lipinski definition) is 4. The van der Waals surface area contributed by atoms with Crippen LogP contribution in [0.3, 0.4) is 0 Å². The van der Waals surface area contributed by atoms with Crippen molar-refractivity contribution >= 4 is 46.3 Å². The van der Waals surface area contributed by atoms with Crippen molar-refractivity contribution < 1.29 is 14.7 Å². The SMILES string of the molecule is CCCC(CC)C1(C)C=CC(c2ccc(N3CCCc4cc(/C=C/C=C(/C(=N)C(=O)O)C(=O)Nc5ccccc5)ccc43)cc2)=CC1. The van der Waals surface area contributed by atoms with Crippen LogP contribution >= 0.6 is 0 Å². The molecule has 1 aliphatic heterocycles. The van der Waals surface area contributed by atoms with Crippen molar-refractivity contribution in [2.24, 2.45) is 11.3 Å². The Morgan fingerprint density at radius 3 is 2.49 bits per heavy atom. The van der Waals surface area contributed by atoms with Gasteiger partial charge in [-0.15, -0.1) is 0 Å². The second-order valence-corrected chi connectivity index (χ2v) is 12.7. The van der Waals surface area contributed by atoms with Gasteiger partial charge in [0.1, 0.15) is 0 Å². The molecule has 3 aromatic carbocycles. The van der Waals surface area contributed by atoms with Crippen LogP contribution in [0.15, 0.2) is 109 Å². The lowest BCUT2D eigenvalue weighted by molar-refractivity contribution is -0.129. The van der Waals surface area contributed by atoms with Gasteiger partial charge < -0.3 is 15.3 Å². The summed E-state index contributed by atoms with van der Waals surface area (Å²) in [6.45, 7) is 7.94. The number of benzene rings is 3. The molecular weight excluding hydrogens is 582 g/mol. The van der Waals surface area contributed by atoms with Gasteiger partial charge in [0.2, 0.25) is 0 Å². The molecule has 0 fully saturated rings. The average molecular weight is 628 g/mol. The number of allylic oxidation sites excluding steroid dienone is 6. The molecule has 6 heteroatoms. The number of carboxylic acids is 1. The van der Waals surface area contributed by atoms with Crippen LogP contribution in [0.4, 0.5) is 17.1 Å². The van der Waals surface area contributed by atoms with Crippen LogP contribution < -0.4 is 10.2 Å². The van der Waals surface area contributed by atoms with Crippen LogP contribution in [0.2, 0.25) is 0 Å². The zero-order chi connectivity index (χ0) is 33.4. The molecule has 2 atom stereocenters. The van der Waals surface area contributed by atoms with E-state index >= 15 is 0 Å². The number of carbonyl (C=O) groups is 2. The fraction of sp³-hybridized carbons (Fsp3) is 0.293. The monoisotopic (exact) mass is 627 g/mol. The van der Waals surface area contributed by atoms with Gasteiger partial charge in [0, 0.05) is 23.6 Å². The molecular formula is C41H45N3O3. The summed E-state index contributed by atoms with van der Waals surface area (Å²) in [5.41, 5.74) is 6.84. The predicted molar refractivity (Wildman–Crippen MR) is 194 cm³/mol. The van der Waals surface area contributed by atoms with Gasteiger partial charge in [0.05, 0.1) is 5.57 Å². The minimum absolute atomic E-state index is 0.222. The molecule has 0 saturated carbocycles. The van der Waals surface area contributed by atoms with Crippen LogP contribution in [0.1, 0.15) is 69.6 Å². The number of carboxylic acid groups (broad SMARTS) is 1. The number of carbonyl (C=O) groups excluding carboxylic acids is 1. The van der Waals surface area contributed by atoms with Crippen molar-refractivity contribution in [2.75, 3.05) is 16.8 Å². The van der Waals surface area contributed by atoms with Crippen LogP contribution in [0, 0.1) is 16.7 Å². The summed E-state index contributed by atoms with van der Waals surface area (Å²) < 4.78 is 0. The van der Waals surface area contributed by atoms with Gasteiger partial charge in [-0.1, -0.05) is 100 Å². The topological polar surface area (TPSA) is 93.5 Å². The van der Waals surface area contributed by atoms with Gasteiger partial charge in [0.15, 0.2) is 5.71 Å². The average Bonchev–Trinajstić information content (AvgIpc) is 3.09. The Kier molecular flexibility index (Phi) is 10.7. The second-order valence-electron chi connectivity index (χ2n) is 12.7. The van der Waals surface area contributed by atoms with Crippen molar-refractivity contribution in [1.29, 1.82) is 5.41 Å². The Bertz CT molecular complexity index is 1730. The minimum Gasteiger partial charge on any atom is -0.477 e.